The van der Waals surface area contributed by atoms with Crippen LogP contribution in [0.5, 0.6) is 0 Å². The average Bonchev–Trinajstić information content (AvgIpc) is 2.70. The van der Waals surface area contributed by atoms with Crippen LogP contribution in [0.2, 0.25) is 0 Å². The first-order valence-corrected chi connectivity index (χ1v) is 16.5. The van der Waals surface area contributed by atoms with Gasteiger partial charge in [0.05, 0.1) is 0 Å². The van der Waals surface area contributed by atoms with Gasteiger partial charge in [-0.3, -0.25) is 0 Å². The third kappa shape index (κ3) is 13.0. The maximum absolute atomic E-state index is 10.4. The number of hydrogen-bond donors (Lipinski definition) is 3. The van der Waals surface area contributed by atoms with Crippen molar-refractivity contribution in [3.8, 4) is 0 Å². The summed E-state index contributed by atoms with van der Waals surface area (Å²) in [7, 11) is -4.41. The molecule has 0 heterocycles. The van der Waals surface area contributed by atoms with Crippen LogP contribution in [0.1, 0.15) is 142 Å². The van der Waals surface area contributed by atoms with E-state index in [1.54, 1.807) is 0 Å². The standard InChI is InChI=1S/C30H57O3P/c1-8-9-10-11-15-18-23-34(31,32,33)24-19-16-13-12-14-17-20-26-21-22-27(29(2,3)4)25-28(26)30(5,6)7/h21-22,25,31-33H,8-20,23-24H2,1-7H3. The van der Waals surface area contributed by atoms with Gasteiger partial charge >= 0.3 is 186 Å². The van der Waals surface area contributed by atoms with Gasteiger partial charge in [0.2, 0.25) is 0 Å². The van der Waals surface area contributed by atoms with E-state index in [-0.39, 0.29) is 23.2 Å². The number of benzene rings is 1. The molecule has 0 saturated heterocycles. The molecule has 3 nitrogen and oxygen atoms in total. The second kappa shape index (κ2) is 13.7. The molecule has 0 saturated carbocycles. The van der Waals surface area contributed by atoms with E-state index in [1.807, 2.05) is 0 Å². The topological polar surface area (TPSA) is 60.7 Å². The van der Waals surface area contributed by atoms with Gasteiger partial charge in [-0.2, -0.15) is 0 Å². The van der Waals surface area contributed by atoms with Gasteiger partial charge in [0.15, 0.2) is 0 Å². The summed E-state index contributed by atoms with van der Waals surface area (Å²) in [5.74, 6) is 0. The predicted octanol–water partition coefficient (Wildman–Crippen LogP) is 8.80. The van der Waals surface area contributed by atoms with Gasteiger partial charge in [0, 0.05) is 0 Å². The molecule has 0 bridgehead atoms. The minimum absolute atomic E-state index is 0.150. The molecule has 0 unspecified atom stereocenters. The van der Waals surface area contributed by atoms with E-state index < -0.39 is 7.28 Å². The predicted molar refractivity (Wildman–Crippen MR) is 152 cm³/mol. The van der Waals surface area contributed by atoms with Gasteiger partial charge in [0.1, 0.15) is 0 Å². The van der Waals surface area contributed by atoms with Crippen molar-refractivity contribution in [1.29, 1.82) is 0 Å². The van der Waals surface area contributed by atoms with Crippen LogP contribution in [0.25, 0.3) is 0 Å². The molecule has 0 aliphatic heterocycles. The van der Waals surface area contributed by atoms with E-state index in [1.165, 1.54) is 55.2 Å². The summed E-state index contributed by atoms with van der Waals surface area (Å²) in [5, 5.41) is 0. The molecule has 4 heteroatoms. The van der Waals surface area contributed by atoms with Gasteiger partial charge in [0.25, 0.3) is 0 Å². The van der Waals surface area contributed by atoms with Crippen molar-refractivity contribution in [2.24, 2.45) is 0 Å². The van der Waals surface area contributed by atoms with Gasteiger partial charge in [-0.25, -0.2) is 0 Å². The molecule has 0 aliphatic rings. The molecule has 34 heavy (non-hydrogen) atoms. The molecule has 0 spiro atoms. The quantitative estimate of drug-likeness (QED) is 0.158. The zero-order valence-corrected chi connectivity index (χ0v) is 24.5. The Morgan fingerprint density at radius 1 is 0.618 bits per heavy atom. The second-order valence-electron chi connectivity index (χ2n) is 12.8. The first-order chi connectivity index (χ1) is 15.6. The second-order valence-corrected chi connectivity index (χ2v) is 16.4. The van der Waals surface area contributed by atoms with Crippen LogP contribution in [0, 0.1) is 0 Å². The fourth-order valence-corrected chi connectivity index (χ4v) is 6.71. The summed E-state index contributed by atoms with van der Waals surface area (Å²) in [4.78, 5) is 31.1. The summed E-state index contributed by atoms with van der Waals surface area (Å²) in [6, 6.07) is 7.07. The summed E-state index contributed by atoms with van der Waals surface area (Å²) < 4.78 is 0. The van der Waals surface area contributed by atoms with Crippen LogP contribution in [0.3, 0.4) is 0 Å². The summed E-state index contributed by atoms with van der Waals surface area (Å²) in [6.45, 7) is 16.0. The molecule has 3 N–H and O–H groups in total. The Balaban J connectivity index is 2.33. The SMILES string of the molecule is CCCCCCCCP(O)(O)(O)CCCCCCCCc1ccc(C(C)(C)C)cc1C(C)(C)C. The Bertz CT molecular complexity index is 704. The van der Waals surface area contributed by atoms with E-state index >= 15 is 0 Å². The minimum atomic E-state index is -4.41. The van der Waals surface area contributed by atoms with E-state index in [2.05, 4.69) is 66.7 Å². The van der Waals surface area contributed by atoms with Crippen molar-refractivity contribution in [3.05, 3.63) is 34.9 Å². The Morgan fingerprint density at radius 3 is 1.56 bits per heavy atom. The van der Waals surface area contributed by atoms with Crippen LogP contribution < -0.4 is 0 Å². The van der Waals surface area contributed by atoms with Crippen molar-refractivity contribution < 1.29 is 14.7 Å². The van der Waals surface area contributed by atoms with Crippen LogP contribution in [-0.2, 0) is 17.3 Å². The normalized spacial score (nSPS) is 14.2. The fraction of sp³-hybridized carbons (Fsp3) is 0.800. The molecule has 0 radical (unpaired) electrons. The summed E-state index contributed by atoms with van der Waals surface area (Å²) >= 11 is 0. The average molecular weight is 497 g/mol. The Morgan fingerprint density at radius 2 is 1.09 bits per heavy atom. The van der Waals surface area contributed by atoms with E-state index in [4.69, 9.17) is 0 Å². The Labute approximate surface area is 212 Å². The van der Waals surface area contributed by atoms with Crippen molar-refractivity contribution >= 4 is 7.28 Å². The van der Waals surface area contributed by atoms with Crippen LogP contribution in [0.15, 0.2) is 18.2 Å². The maximum atomic E-state index is 10.4. The third-order valence-electron chi connectivity index (χ3n) is 7.07. The van der Waals surface area contributed by atoms with E-state index in [9.17, 15) is 14.7 Å². The Hall–Kier alpha value is -0.470. The number of aryl methyl sites for hydroxylation is 1. The number of hydrogen-bond acceptors (Lipinski definition) is 3. The first kappa shape index (κ1) is 31.6. The molecule has 0 atom stereocenters. The molecular weight excluding hydrogens is 439 g/mol. The zero-order valence-electron chi connectivity index (χ0n) is 23.6. The van der Waals surface area contributed by atoms with Crippen LogP contribution >= 0.6 is 7.28 Å². The van der Waals surface area contributed by atoms with Crippen LogP contribution in [-0.4, -0.2) is 27.0 Å². The molecule has 0 aromatic heterocycles. The number of rotatable bonds is 16. The molecule has 1 aromatic rings. The van der Waals surface area contributed by atoms with Gasteiger partial charge < -0.3 is 0 Å². The van der Waals surface area contributed by atoms with Crippen molar-refractivity contribution in [1.82, 2.24) is 0 Å². The van der Waals surface area contributed by atoms with E-state index in [0.717, 1.165) is 38.5 Å². The summed E-state index contributed by atoms with van der Waals surface area (Å²) in [6.07, 6.45) is 14.3. The fourth-order valence-electron chi connectivity index (χ4n) is 4.75. The van der Waals surface area contributed by atoms with Crippen molar-refractivity contribution in [2.45, 2.75) is 143 Å². The third-order valence-corrected chi connectivity index (χ3v) is 9.53. The van der Waals surface area contributed by atoms with Gasteiger partial charge in [-0.15, -0.1) is 0 Å². The molecular formula is C30H57O3P. The first-order valence-electron chi connectivity index (χ1n) is 14.0. The van der Waals surface area contributed by atoms with Crippen molar-refractivity contribution in [3.63, 3.8) is 0 Å². The monoisotopic (exact) mass is 496 g/mol. The zero-order chi connectivity index (χ0) is 25.9. The van der Waals surface area contributed by atoms with E-state index in [0.29, 0.717) is 6.42 Å². The molecule has 200 valence electrons. The molecule has 1 rings (SSSR count). The Kier molecular flexibility index (Phi) is 12.7. The number of unbranched alkanes of at least 4 members (excludes halogenated alkanes) is 10. The van der Waals surface area contributed by atoms with Gasteiger partial charge in [-0.1, -0.05) is 20.8 Å². The van der Waals surface area contributed by atoms with Crippen molar-refractivity contribution in [2.75, 3.05) is 12.3 Å². The molecule has 0 aliphatic carbocycles. The van der Waals surface area contributed by atoms with Gasteiger partial charge in [-0.05, 0) is 5.41 Å². The molecule has 0 amide bonds. The molecule has 0 fully saturated rings. The molecule has 1 aromatic carbocycles. The summed E-state index contributed by atoms with van der Waals surface area (Å²) in [5.41, 5.74) is 4.69. The van der Waals surface area contributed by atoms with Crippen LogP contribution in [0.4, 0.5) is 0 Å².